The lowest BCUT2D eigenvalue weighted by atomic mass is 10.1. The number of nitrogens with zero attached hydrogens (tertiary/aromatic N) is 6. The molecule has 1 unspecified atom stereocenters. The van der Waals surface area contributed by atoms with Gasteiger partial charge in [-0.15, -0.1) is 0 Å². The number of likely N-dealkylation sites (N-methyl/N-ethyl adjacent to an activating group) is 2. The first-order valence-electron chi connectivity index (χ1n) is 26.7. The van der Waals surface area contributed by atoms with Gasteiger partial charge < -0.3 is 29.0 Å². The molecule has 6 aromatic rings. The lowest BCUT2D eigenvalue weighted by Gasteiger charge is -2.36. The summed E-state index contributed by atoms with van der Waals surface area (Å²) in [5.74, 6) is -0.711. The number of carboxylic acid groups (broad SMARTS) is 1. The molecule has 0 bridgehead atoms. The molecule has 11 nitrogen and oxygen atoms in total. The number of carbonyl (C=O) groups excluding carboxylic acids is 2. The number of carboxylic acids is 1. The van der Waals surface area contributed by atoms with Crippen molar-refractivity contribution >= 4 is 81.0 Å². The van der Waals surface area contributed by atoms with Crippen molar-refractivity contribution in [2.45, 2.75) is 107 Å². The fourth-order valence-corrected chi connectivity index (χ4v) is 12.9. The molecule has 13 heteroatoms. The quantitative estimate of drug-likeness (QED) is 0.0312. The first-order chi connectivity index (χ1) is 35.8. The van der Waals surface area contributed by atoms with E-state index < -0.39 is 12.1 Å². The van der Waals surface area contributed by atoms with E-state index in [4.69, 9.17) is 14.7 Å². The Morgan fingerprint density at radius 2 is 1.01 bits per heavy atom. The van der Waals surface area contributed by atoms with Crippen LogP contribution in [0, 0.1) is 0 Å². The summed E-state index contributed by atoms with van der Waals surface area (Å²) >= 11 is 3.72. The molecule has 8 rings (SSSR count). The molecule has 4 aromatic carbocycles. The number of aryl methyl sites for hydroxylation is 2. The highest BCUT2D eigenvalue weighted by atomic mass is 32.2. The van der Waals surface area contributed by atoms with E-state index in [2.05, 4.69) is 188 Å². The predicted octanol–water partition coefficient (Wildman–Crippen LogP) is 11.4. The molecule has 2 N–H and O–H groups in total. The molecule has 4 heterocycles. The average molecular weight is 1040 g/mol. The van der Waals surface area contributed by atoms with Crippen LogP contribution < -0.4 is 18.9 Å². The zero-order chi connectivity index (χ0) is 52.5. The number of hydrogen-bond acceptors (Lipinski definition) is 8. The minimum Gasteiger partial charge on any atom is -0.481 e. The molecule has 2 aliphatic heterocycles. The number of rotatable bonds is 26. The number of unbranched alkanes of at least 4 members (excludes halogenated alkanes) is 6. The number of quaternary nitrogens is 2. The van der Waals surface area contributed by atoms with Crippen molar-refractivity contribution in [2.24, 2.45) is 0 Å². The molecule has 390 valence electrons. The number of aromatic nitrogens is 2. The summed E-state index contributed by atoms with van der Waals surface area (Å²) in [5.41, 5.74) is 7.55. The van der Waals surface area contributed by atoms with E-state index in [1.807, 2.05) is 23.5 Å². The van der Waals surface area contributed by atoms with E-state index >= 15 is 0 Å². The van der Waals surface area contributed by atoms with E-state index in [-0.39, 0.29) is 12.6 Å². The number of hydrogen-bond donors (Lipinski definition) is 2. The minimum atomic E-state index is -0.711. The number of carbonyl (C=O) groups is 1. The van der Waals surface area contributed by atoms with E-state index in [1.54, 1.807) is 0 Å². The van der Waals surface area contributed by atoms with Crippen LogP contribution in [0.3, 0.4) is 0 Å². The predicted molar refractivity (Wildman–Crippen MR) is 302 cm³/mol. The van der Waals surface area contributed by atoms with Crippen LogP contribution in [-0.2, 0) is 27.5 Å². The van der Waals surface area contributed by atoms with Gasteiger partial charge in [0.1, 0.15) is 13.1 Å². The number of benzene rings is 4. The number of fused-ring (bicyclic) bond motifs is 4. The van der Waals surface area contributed by atoms with Crippen molar-refractivity contribution in [3.8, 4) is 0 Å². The molecule has 0 amide bonds. The second-order valence-electron chi connectivity index (χ2n) is 21.1. The van der Waals surface area contributed by atoms with Gasteiger partial charge in [-0.1, -0.05) is 111 Å². The van der Waals surface area contributed by atoms with Gasteiger partial charge in [-0.3, -0.25) is 4.79 Å². The van der Waals surface area contributed by atoms with Crippen molar-refractivity contribution in [1.82, 2.24) is 0 Å². The molecule has 74 heavy (non-hydrogen) atoms. The summed E-state index contributed by atoms with van der Waals surface area (Å²) in [4.78, 5) is 34.8. The highest BCUT2D eigenvalue weighted by molar-refractivity contribution is 8.04. The van der Waals surface area contributed by atoms with Gasteiger partial charge in [-0.25, -0.2) is 0 Å². The lowest BCUT2D eigenvalue weighted by molar-refractivity contribution is -0.916. The monoisotopic (exact) mass is 1040 g/mol. The Labute approximate surface area is 448 Å². The van der Waals surface area contributed by atoms with E-state index in [0.29, 0.717) is 6.54 Å². The van der Waals surface area contributed by atoms with Crippen LogP contribution >= 0.6 is 23.5 Å². The number of para-hydroxylation sites is 4. The lowest BCUT2D eigenvalue weighted by Crippen LogP contribution is -2.53. The maximum atomic E-state index is 11.6. The highest BCUT2D eigenvalue weighted by Crippen LogP contribution is 2.48. The summed E-state index contributed by atoms with van der Waals surface area (Å²) < 4.78 is 6.35. The summed E-state index contributed by atoms with van der Waals surface area (Å²) in [6, 6.07) is 39.6. The smallest absolute Gasteiger partial charge is 0.373 e. The van der Waals surface area contributed by atoms with Crippen LogP contribution in [0.25, 0.3) is 34.0 Å². The van der Waals surface area contributed by atoms with Gasteiger partial charge in [0, 0.05) is 53.6 Å². The van der Waals surface area contributed by atoms with Crippen LogP contribution in [0.15, 0.2) is 141 Å². The molecule has 0 fully saturated rings. The molecule has 0 radical (unpaired) electrons. The molecular weight excluding hydrogens is 961 g/mol. The van der Waals surface area contributed by atoms with Gasteiger partial charge in [-0.2, -0.15) is 18.7 Å². The van der Waals surface area contributed by atoms with Crippen LogP contribution in [0.5, 0.6) is 0 Å². The zero-order valence-corrected chi connectivity index (χ0v) is 46.0. The number of aliphatic hydroxyl groups is 1. The molecule has 0 spiro atoms. The van der Waals surface area contributed by atoms with Crippen molar-refractivity contribution in [1.29, 1.82) is 0 Å². The molecule has 2 aliphatic rings. The van der Waals surface area contributed by atoms with Gasteiger partial charge in [-0.05, 0) is 78.9 Å². The Hall–Kier alpha value is -5.79. The molecule has 0 saturated carbocycles. The van der Waals surface area contributed by atoms with Gasteiger partial charge in [0.25, 0.3) is 0 Å². The van der Waals surface area contributed by atoms with Crippen LogP contribution in [0.1, 0.15) is 88.7 Å². The van der Waals surface area contributed by atoms with E-state index in [9.17, 15) is 9.90 Å². The second kappa shape index (κ2) is 27.1. The largest absolute Gasteiger partial charge is 0.481 e. The summed E-state index contributed by atoms with van der Waals surface area (Å²) in [5, 5.41) is 25.7. The molecule has 2 aromatic heterocycles. The second-order valence-corrected chi connectivity index (χ2v) is 23.2. The number of aliphatic hydroxyl groups excluding tert-OH is 1. The van der Waals surface area contributed by atoms with Crippen LogP contribution in [0.4, 0.5) is 11.4 Å². The van der Waals surface area contributed by atoms with Gasteiger partial charge in [0.05, 0.1) is 86.3 Å². The fraction of sp³-hybridized carbons (Fsp3) is 0.410. The molecule has 0 saturated heterocycles. The van der Waals surface area contributed by atoms with Gasteiger partial charge in [0.2, 0.25) is 11.0 Å². The Balaban J connectivity index is 0.00000260. The van der Waals surface area contributed by atoms with Crippen molar-refractivity contribution < 1.29 is 42.7 Å². The SMILES string of the molecule is CCCCCCN1C(=Cc2cc[n+](CCC[N+](C)(C)CC(O)C[N+](C)(C)CCC[n+]3ccc(C=C4Sc5ccccc5N4CCCCCCC(=O)O)c4ccccc43)c3ccccc23)Sc2ccccc21.O=C=O. The Morgan fingerprint density at radius 3 is 1.47 bits per heavy atom. The number of pyridine rings is 2. The zero-order valence-electron chi connectivity index (χ0n) is 44.3. The number of aliphatic carboxylic acids is 1. The van der Waals surface area contributed by atoms with E-state index in [0.717, 1.165) is 93.3 Å². The average Bonchev–Trinajstić information content (AvgIpc) is 3.91. The summed E-state index contributed by atoms with van der Waals surface area (Å²) in [6.45, 7) is 9.45. The standard InChI is InChI=1S/C60H77N6O3S2.CO2/c1-6-7-8-20-37-63-54-28-16-18-30-56(54)70-58(63)43-47-33-39-61(52-26-14-12-24-50(47)52)35-22-41-65(2,3)45-49(67)46-66(4,5)42-23-36-62-40-34-48(51-25-13-15-27-53(51)62)44-59-64(38-21-10-9-11-32-60(68)69)55-29-17-19-31-57(55)71-59;2-1-3/h12-19,24-31,33-34,39-40,43-44,49,67H,6-11,20-23,32,35-38,41-42,45-46H2,1-5H3;/q+3;/p+1. The summed E-state index contributed by atoms with van der Waals surface area (Å²) in [7, 11) is 9.06. The third-order valence-electron chi connectivity index (χ3n) is 14.2. The molecule has 0 aliphatic carbocycles. The maximum Gasteiger partial charge on any atom is 0.373 e. The fourth-order valence-electron chi connectivity index (χ4n) is 10.6. The number of anilines is 2. The summed E-state index contributed by atoms with van der Waals surface area (Å²) in [6.07, 6.45) is 20.1. The maximum absolute atomic E-state index is 11.6. The van der Waals surface area contributed by atoms with Crippen molar-refractivity contribution in [2.75, 3.05) is 77.3 Å². The number of thioether (sulfide) groups is 2. The third-order valence-corrected chi connectivity index (χ3v) is 16.5. The Morgan fingerprint density at radius 1 is 0.595 bits per heavy atom. The first-order valence-corrected chi connectivity index (χ1v) is 28.3. The van der Waals surface area contributed by atoms with Crippen molar-refractivity contribution in [3.63, 3.8) is 0 Å². The molecule has 1 atom stereocenters. The minimum absolute atomic E-state index is 0.247. The topological polar surface area (TPSA) is 106 Å². The van der Waals surface area contributed by atoms with Crippen LogP contribution in [0.2, 0.25) is 0 Å². The molecular formula is C61H78N6O5S2+4. The highest BCUT2D eigenvalue weighted by Gasteiger charge is 2.30. The van der Waals surface area contributed by atoms with E-state index in [1.165, 1.54) is 89.8 Å². The van der Waals surface area contributed by atoms with Crippen molar-refractivity contribution in [3.05, 3.63) is 143 Å². The normalized spacial score (nSPS) is 14.8. The van der Waals surface area contributed by atoms with Gasteiger partial charge >= 0.3 is 12.1 Å². The van der Waals surface area contributed by atoms with Gasteiger partial charge in [0.15, 0.2) is 31.6 Å². The Bertz CT molecular complexity index is 2930. The first kappa shape index (κ1) is 55.9. The Kier molecular flexibility index (Phi) is 20.5. The van der Waals surface area contributed by atoms with Crippen LogP contribution in [-0.4, -0.2) is 105 Å². The third kappa shape index (κ3) is 15.4.